The SMILES string of the molecule is CC.CC.CC(=O)Nc1cc(Cl)cc(C)c1O. The van der Waals surface area contributed by atoms with Crippen molar-refractivity contribution in [3.63, 3.8) is 0 Å². The molecule has 0 radical (unpaired) electrons. The summed E-state index contributed by atoms with van der Waals surface area (Å²) in [5.74, 6) is -0.184. The van der Waals surface area contributed by atoms with Gasteiger partial charge in [-0.1, -0.05) is 39.3 Å². The lowest BCUT2D eigenvalue weighted by molar-refractivity contribution is -0.114. The first-order valence-corrected chi connectivity index (χ1v) is 6.15. The van der Waals surface area contributed by atoms with E-state index in [9.17, 15) is 9.90 Å². The van der Waals surface area contributed by atoms with Gasteiger partial charge in [0.1, 0.15) is 5.75 Å². The maximum atomic E-state index is 10.7. The van der Waals surface area contributed by atoms with E-state index in [4.69, 9.17) is 11.6 Å². The molecule has 0 spiro atoms. The van der Waals surface area contributed by atoms with Gasteiger partial charge in [0.15, 0.2) is 0 Å². The standard InChI is InChI=1S/C9H10ClNO2.2C2H6/c1-5-3-7(10)4-8(9(5)13)11-6(2)12;2*1-2/h3-4,13H,1-2H3,(H,11,12);2*1-2H3. The second-order valence-electron chi connectivity index (χ2n) is 2.80. The summed E-state index contributed by atoms with van der Waals surface area (Å²) >= 11 is 5.74. The quantitative estimate of drug-likeness (QED) is 0.736. The molecule has 98 valence electrons. The Hall–Kier alpha value is -1.22. The highest BCUT2D eigenvalue weighted by molar-refractivity contribution is 6.31. The number of aromatic hydroxyl groups is 1. The van der Waals surface area contributed by atoms with Gasteiger partial charge in [0.2, 0.25) is 5.91 Å². The van der Waals surface area contributed by atoms with Gasteiger partial charge in [-0.15, -0.1) is 0 Å². The molecule has 0 aliphatic rings. The summed E-state index contributed by atoms with van der Waals surface area (Å²) in [4.78, 5) is 10.7. The predicted molar refractivity (Wildman–Crippen MR) is 74.9 cm³/mol. The van der Waals surface area contributed by atoms with Crippen LogP contribution in [0, 0.1) is 6.92 Å². The molecule has 2 N–H and O–H groups in total. The summed E-state index contributed by atoms with van der Waals surface area (Å²) in [6.45, 7) is 11.1. The van der Waals surface area contributed by atoms with Gasteiger partial charge in [-0.25, -0.2) is 0 Å². The Morgan fingerprint density at radius 3 is 2.12 bits per heavy atom. The van der Waals surface area contributed by atoms with Crippen molar-refractivity contribution < 1.29 is 9.90 Å². The molecular formula is C13H22ClNO2. The fourth-order valence-electron chi connectivity index (χ4n) is 1.02. The number of phenols is 1. The van der Waals surface area contributed by atoms with Gasteiger partial charge >= 0.3 is 0 Å². The minimum Gasteiger partial charge on any atom is -0.505 e. The zero-order valence-electron chi connectivity index (χ0n) is 11.4. The van der Waals surface area contributed by atoms with Crippen molar-refractivity contribution in [1.29, 1.82) is 0 Å². The van der Waals surface area contributed by atoms with Gasteiger partial charge in [0, 0.05) is 11.9 Å². The lowest BCUT2D eigenvalue weighted by Gasteiger charge is -2.07. The number of nitrogens with one attached hydrogen (secondary N) is 1. The first-order valence-electron chi connectivity index (χ1n) is 5.77. The van der Waals surface area contributed by atoms with Gasteiger partial charge in [0.25, 0.3) is 0 Å². The number of hydrogen-bond donors (Lipinski definition) is 2. The molecule has 0 aliphatic carbocycles. The molecule has 1 amide bonds. The van der Waals surface area contributed by atoms with E-state index in [1.807, 2.05) is 27.7 Å². The Bertz CT molecular complexity index is 352. The zero-order valence-corrected chi connectivity index (χ0v) is 12.1. The van der Waals surface area contributed by atoms with Crippen molar-refractivity contribution in [2.45, 2.75) is 41.5 Å². The maximum absolute atomic E-state index is 10.7. The van der Waals surface area contributed by atoms with E-state index in [0.29, 0.717) is 16.3 Å². The van der Waals surface area contributed by atoms with Crippen LogP contribution in [0.4, 0.5) is 5.69 Å². The molecule has 0 aliphatic heterocycles. The smallest absolute Gasteiger partial charge is 0.221 e. The molecule has 1 aromatic rings. The van der Waals surface area contributed by atoms with Gasteiger partial charge in [-0.05, 0) is 24.6 Å². The molecule has 0 bridgehead atoms. The monoisotopic (exact) mass is 259 g/mol. The Morgan fingerprint density at radius 2 is 1.71 bits per heavy atom. The summed E-state index contributed by atoms with van der Waals surface area (Å²) in [7, 11) is 0. The highest BCUT2D eigenvalue weighted by Gasteiger charge is 2.06. The van der Waals surface area contributed by atoms with E-state index >= 15 is 0 Å². The molecule has 0 saturated carbocycles. The summed E-state index contributed by atoms with van der Waals surface area (Å²) in [5.41, 5.74) is 0.980. The van der Waals surface area contributed by atoms with Crippen LogP contribution < -0.4 is 5.32 Å². The number of benzene rings is 1. The van der Waals surface area contributed by atoms with Crippen molar-refractivity contribution in [2.24, 2.45) is 0 Å². The number of anilines is 1. The van der Waals surface area contributed by atoms with Crippen LogP contribution in [-0.2, 0) is 4.79 Å². The Morgan fingerprint density at radius 1 is 1.24 bits per heavy atom. The normalized spacial score (nSPS) is 8.18. The molecule has 0 aromatic heterocycles. The average molecular weight is 260 g/mol. The van der Waals surface area contributed by atoms with E-state index in [1.165, 1.54) is 13.0 Å². The van der Waals surface area contributed by atoms with Crippen LogP contribution in [-0.4, -0.2) is 11.0 Å². The van der Waals surface area contributed by atoms with Crippen LogP contribution in [0.1, 0.15) is 40.2 Å². The Balaban J connectivity index is 0. The lowest BCUT2D eigenvalue weighted by atomic mass is 10.2. The molecule has 0 heterocycles. The predicted octanol–water partition coefficient (Wildman–Crippen LogP) is 4.36. The number of aryl methyl sites for hydroxylation is 1. The minimum atomic E-state index is -0.239. The molecule has 4 heteroatoms. The summed E-state index contributed by atoms with van der Waals surface area (Å²) in [6, 6.07) is 3.13. The number of amides is 1. The highest BCUT2D eigenvalue weighted by atomic mass is 35.5. The molecule has 0 saturated heterocycles. The Kier molecular flexibility index (Phi) is 10.6. The van der Waals surface area contributed by atoms with Gasteiger partial charge < -0.3 is 10.4 Å². The van der Waals surface area contributed by atoms with Crippen LogP contribution in [0.15, 0.2) is 12.1 Å². The summed E-state index contributed by atoms with van der Waals surface area (Å²) < 4.78 is 0. The molecule has 0 atom stereocenters. The number of rotatable bonds is 1. The molecule has 1 aromatic carbocycles. The number of carbonyl (C=O) groups excluding carboxylic acids is 1. The second-order valence-corrected chi connectivity index (χ2v) is 3.24. The van der Waals surface area contributed by atoms with Crippen molar-refractivity contribution in [1.82, 2.24) is 0 Å². The lowest BCUT2D eigenvalue weighted by Crippen LogP contribution is -2.06. The molecule has 0 fully saturated rings. The van der Waals surface area contributed by atoms with Crippen LogP contribution in [0.5, 0.6) is 5.75 Å². The highest BCUT2D eigenvalue weighted by Crippen LogP contribution is 2.30. The topological polar surface area (TPSA) is 49.3 Å². The van der Waals surface area contributed by atoms with E-state index in [0.717, 1.165) is 0 Å². The van der Waals surface area contributed by atoms with Crippen LogP contribution in [0.25, 0.3) is 0 Å². The fraction of sp³-hybridized carbons (Fsp3) is 0.462. The molecule has 0 unspecified atom stereocenters. The van der Waals surface area contributed by atoms with Crippen LogP contribution >= 0.6 is 11.6 Å². The third-order valence-corrected chi connectivity index (χ3v) is 1.79. The first kappa shape index (κ1) is 18.2. The zero-order chi connectivity index (χ0) is 14.0. The third kappa shape index (κ3) is 6.84. The van der Waals surface area contributed by atoms with E-state index in [1.54, 1.807) is 13.0 Å². The minimum absolute atomic E-state index is 0.0552. The van der Waals surface area contributed by atoms with Gasteiger partial charge in [-0.3, -0.25) is 4.79 Å². The van der Waals surface area contributed by atoms with E-state index < -0.39 is 0 Å². The van der Waals surface area contributed by atoms with Crippen molar-refractivity contribution in [3.05, 3.63) is 22.7 Å². The third-order valence-electron chi connectivity index (χ3n) is 1.58. The van der Waals surface area contributed by atoms with Gasteiger partial charge in [-0.2, -0.15) is 0 Å². The van der Waals surface area contributed by atoms with Crippen LogP contribution in [0.3, 0.4) is 0 Å². The summed E-state index contributed by atoms with van der Waals surface area (Å²) in [6.07, 6.45) is 0. The Labute approximate surface area is 109 Å². The van der Waals surface area contributed by atoms with Crippen molar-refractivity contribution in [2.75, 3.05) is 5.32 Å². The number of hydrogen-bond acceptors (Lipinski definition) is 2. The molecule has 17 heavy (non-hydrogen) atoms. The van der Waals surface area contributed by atoms with E-state index in [2.05, 4.69) is 5.32 Å². The van der Waals surface area contributed by atoms with Gasteiger partial charge in [0.05, 0.1) is 5.69 Å². The number of halogens is 1. The molecular weight excluding hydrogens is 238 g/mol. The molecule has 1 rings (SSSR count). The van der Waals surface area contributed by atoms with Crippen molar-refractivity contribution >= 4 is 23.2 Å². The maximum Gasteiger partial charge on any atom is 0.221 e. The van der Waals surface area contributed by atoms with E-state index in [-0.39, 0.29) is 11.7 Å². The first-order chi connectivity index (χ1) is 8.00. The molecule has 3 nitrogen and oxygen atoms in total. The number of phenolic OH excluding ortho intramolecular Hbond substituents is 1. The number of carbonyl (C=O) groups is 1. The summed E-state index contributed by atoms with van der Waals surface area (Å²) in [5, 5.41) is 12.5. The fourth-order valence-corrected chi connectivity index (χ4v) is 1.29. The second kappa shape index (κ2) is 9.97. The van der Waals surface area contributed by atoms with Crippen molar-refractivity contribution in [3.8, 4) is 5.75 Å². The largest absolute Gasteiger partial charge is 0.505 e. The average Bonchev–Trinajstić information content (AvgIpc) is 2.30. The van der Waals surface area contributed by atoms with Crippen LogP contribution in [0.2, 0.25) is 5.02 Å².